The van der Waals surface area contributed by atoms with Gasteiger partial charge in [-0.3, -0.25) is 9.89 Å². The minimum atomic E-state index is -0.231. The van der Waals surface area contributed by atoms with Gasteiger partial charge in [-0.15, -0.1) is 0 Å². The normalized spacial score (nSPS) is 15.5. The Morgan fingerprint density at radius 2 is 2.58 bits per heavy atom. The van der Waals surface area contributed by atoms with Crippen LogP contribution in [0.25, 0.3) is 0 Å². The lowest BCUT2D eigenvalue weighted by Crippen LogP contribution is -2.05. The maximum Gasteiger partial charge on any atom is 0.263 e. The van der Waals surface area contributed by atoms with Gasteiger partial charge in [-0.1, -0.05) is 0 Å². The van der Waals surface area contributed by atoms with Gasteiger partial charge in [0, 0.05) is 6.42 Å². The van der Waals surface area contributed by atoms with Gasteiger partial charge in [0.15, 0.2) is 11.6 Å². The average molecular weight is 165 g/mol. The summed E-state index contributed by atoms with van der Waals surface area (Å²) in [5.74, 6) is 0.361. The molecule has 0 spiro atoms. The van der Waals surface area contributed by atoms with E-state index >= 15 is 0 Å². The van der Waals surface area contributed by atoms with Gasteiger partial charge in [-0.25, -0.2) is 4.98 Å². The van der Waals surface area contributed by atoms with Gasteiger partial charge in [0.25, 0.3) is 5.78 Å². The number of carbonyl (C=O) groups is 1. The first-order chi connectivity index (χ1) is 5.88. The number of H-pyrrole nitrogens is 1. The molecule has 5 heteroatoms. The van der Waals surface area contributed by atoms with E-state index in [2.05, 4.69) is 15.2 Å². The van der Waals surface area contributed by atoms with E-state index < -0.39 is 0 Å². The van der Waals surface area contributed by atoms with Crippen LogP contribution >= 0.6 is 0 Å². The predicted molar refractivity (Wildman–Crippen MR) is 39.4 cm³/mol. The molecule has 1 N–H and O–H groups in total. The van der Waals surface area contributed by atoms with Gasteiger partial charge < -0.3 is 4.74 Å². The lowest BCUT2D eigenvalue weighted by atomic mass is 10.3. The zero-order chi connectivity index (χ0) is 8.39. The minimum Gasteiger partial charge on any atom is -0.489 e. The number of hydrogen-bond donors (Lipinski definition) is 1. The molecule has 0 aromatic carbocycles. The molecule has 5 nitrogen and oxygen atoms in total. The number of ether oxygens (including phenoxy) is 1. The predicted octanol–water partition coefficient (Wildman–Crippen LogP) is 0.292. The average Bonchev–Trinajstić information content (AvgIpc) is 2.77. The summed E-state index contributed by atoms with van der Waals surface area (Å²) < 4.78 is 5.06. The molecule has 0 radical (unpaired) electrons. The summed E-state index contributed by atoms with van der Waals surface area (Å²) in [5, 5.41) is 6.06. The van der Waals surface area contributed by atoms with Crippen molar-refractivity contribution in [3.05, 3.63) is 24.0 Å². The van der Waals surface area contributed by atoms with E-state index in [1.807, 2.05) is 0 Å². The first-order valence-corrected chi connectivity index (χ1v) is 3.61. The van der Waals surface area contributed by atoms with E-state index in [-0.39, 0.29) is 11.6 Å². The van der Waals surface area contributed by atoms with Crippen molar-refractivity contribution >= 4 is 5.78 Å². The Balaban J connectivity index is 2.20. The maximum atomic E-state index is 11.4. The van der Waals surface area contributed by atoms with Crippen molar-refractivity contribution in [2.24, 2.45) is 0 Å². The van der Waals surface area contributed by atoms with Crippen molar-refractivity contribution in [1.82, 2.24) is 15.2 Å². The Morgan fingerprint density at radius 3 is 3.17 bits per heavy atom. The van der Waals surface area contributed by atoms with Crippen molar-refractivity contribution in [3.8, 4) is 0 Å². The summed E-state index contributed by atoms with van der Waals surface area (Å²) in [6, 6.07) is 0. The van der Waals surface area contributed by atoms with Crippen LogP contribution in [0.1, 0.15) is 17.0 Å². The number of nitrogens with zero attached hydrogens (tertiary/aromatic N) is 2. The molecule has 1 aliphatic heterocycles. The van der Waals surface area contributed by atoms with Gasteiger partial charge in [-0.05, 0) is 6.08 Å². The number of carbonyl (C=O) groups excluding carboxylic acids is 1. The highest BCUT2D eigenvalue weighted by molar-refractivity contribution is 6.04. The second kappa shape index (κ2) is 2.77. The maximum absolute atomic E-state index is 11.4. The molecule has 0 bridgehead atoms. The van der Waals surface area contributed by atoms with E-state index in [9.17, 15) is 4.79 Å². The summed E-state index contributed by atoms with van der Waals surface area (Å²) in [5.41, 5.74) is 0. The van der Waals surface area contributed by atoms with Crippen LogP contribution in [-0.4, -0.2) is 27.6 Å². The molecule has 62 valence electrons. The zero-order valence-corrected chi connectivity index (χ0v) is 6.28. The van der Waals surface area contributed by atoms with Crippen LogP contribution in [0.4, 0.5) is 0 Å². The van der Waals surface area contributed by atoms with Crippen molar-refractivity contribution in [1.29, 1.82) is 0 Å². The summed E-state index contributed by atoms with van der Waals surface area (Å²) in [6.45, 7) is 0.579. The van der Waals surface area contributed by atoms with Crippen LogP contribution in [0.2, 0.25) is 0 Å². The Bertz CT molecular complexity index is 315. The smallest absolute Gasteiger partial charge is 0.263 e. The van der Waals surface area contributed by atoms with Gasteiger partial charge in [-0.2, -0.15) is 5.10 Å². The molecule has 0 amide bonds. The molecule has 0 unspecified atom stereocenters. The van der Waals surface area contributed by atoms with Crippen LogP contribution < -0.4 is 0 Å². The van der Waals surface area contributed by atoms with E-state index in [4.69, 9.17) is 4.74 Å². The van der Waals surface area contributed by atoms with Crippen molar-refractivity contribution in [3.63, 3.8) is 0 Å². The highest BCUT2D eigenvalue weighted by Crippen LogP contribution is 2.12. The van der Waals surface area contributed by atoms with Crippen LogP contribution in [-0.2, 0) is 4.74 Å². The molecule has 1 aliphatic rings. The monoisotopic (exact) mass is 165 g/mol. The Hall–Kier alpha value is -1.65. The molecule has 0 aliphatic carbocycles. The topological polar surface area (TPSA) is 67.9 Å². The van der Waals surface area contributed by atoms with Crippen LogP contribution in [0, 0.1) is 0 Å². The Labute approximate surface area is 68.5 Å². The van der Waals surface area contributed by atoms with Gasteiger partial charge in [0.2, 0.25) is 0 Å². The second-order valence-corrected chi connectivity index (χ2v) is 2.37. The number of allylic oxidation sites excluding steroid dienone is 1. The summed E-state index contributed by atoms with van der Waals surface area (Å²) >= 11 is 0. The van der Waals surface area contributed by atoms with Crippen molar-refractivity contribution < 1.29 is 9.53 Å². The highest BCUT2D eigenvalue weighted by atomic mass is 16.5. The van der Waals surface area contributed by atoms with Crippen LogP contribution in [0.5, 0.6) is 0 Å². The third kappa shape index (κ3) is 1.09. The fourth-order valence-electron chi connectivity index (χ4n) is 1.01. The van der Waals surface area contributed by atoms with Gasteiger partial charge in [0.1, 0.15) is 6.33 Å². The fraction of sp³-hybridized carbons (Fsp3) is 0.286. The Morgan fingerprint density at radius 1 is 1.67 bits per heavy atom. The number of aromatic nitrogens is 3. The number of aromatic amines is 1. The first kappa shape index (κ1) is 7.02. The lowest BCUT2D eigenvalue weighted by molar-refractivity contribution is 0.0933. The SMILES string of the molecule is O=C(C1=CCCO1)c1ncn[nH]1. The lowest BCUT2D eigenvalue weighted by Gasteiger charge is -1.97. The number of Topliss-reactive ketones (excluding diaryl/α,β-unsaturated/α-hetero) is 1. The molecule has 0 saturated carbocycles. The minimum absolute atomic E-state index is 0.225. The molecule has 1 aromatic rings. The summed E-state index contributed by atoms with van der Waals surface area (Å²) in [4.78, 5) is 15.1. The number of hydrogen-bond acceptors (Lipinski definition) is 4. The molecule has 12 heavy (non-hydrogen) atoms. The van der Waals surface area contributed by atoms with Crippen LogP contribution in [0.3, 0.4) is 0 Å². The molecule has 0 saturated heterocycles. The van der Waals surface area contributed by atoms with E-state index in [0.29, 0.717) is 12.4 Å². The van der Waals surface area contributed by atoms with Crippen molar-refractivity contribution in [2.75, 3.05) is 6.61 Å². The quantitative estimate of drug-likeness (QED) is 0.639. The van der Waals surface area contributed by atoms with Gasteiger partial charge >= 0.3 is 0 Å². The number of ketones is 1. The summed E-state index contributed by atoms with van der Waals surface area (Å²) in [7, 11) is 0. The number of rotatable bonds is 2. The van der Waals surface area contributed by atoms with E-state index in [1.54, 1.807) is 6.08 Å². The van der Waals surface area contributed by atoms with E-state index in [1.165, 1.54) is 6.33 Å². The molecular weight excluding hydrogens is 158 g/mol. The largest absolute Gasteiger partial charge is 0.489 e. The third-order valence-electron chi connectivity index (χ3n) is 1.56. The molecule has 2 heterocycles. The zero-order valence-electron chi connectivity index (χ0n) is 6.28. The molecule has 2 rings (SSSR count). The molecular formula is C7H7N3O2. The molecule has 0 fully saturated rings. The number of nitrogens with one attached hydrogen (secondary N) is 1. The van der Waals surface area contributed by atoms with Crippen molar-refractivity contribution in [2.45, 2.75) is 6.42 Å². The third-order valence-corrected chi connectivity index (χ3v) is 1.56. The standard InChI is InChI=1S/C7H7N3O2/c11-6(5-2-1-3-12-5)7-8-4-9-10-7/h2,4H,1,3H2,(H,8,9,10). The second-order valence-electron chi connectivity index (χ2n) is 2.37. The van der Waals surface area contributed by atoms with E-state index in [0.717, 1.165) is 6.42 Å². The fourth-order valence-corrected chi connectivity index (χ4v) is 1.01. The molecule has 1 aromatic heterocycles. The highest BCUT2D eigenvalue weighted by Gasteiger charge is 2.18. The summed E-state index contributed by atoms with van der Waals surface area (Å²) in [6.07, 6.45) is 3.84. The van der Waals surface area contributed by atoms with Gasteiger partial charge in [0.05, 0.1) is 6.61 Å². The first-order valence-electron chi connectivity index (χ1n) is 3.61. The Kier molecular flexibility index (Phi) is 1.62. The molecule has 0 atom stereocenters. The van der Waals surface area contributed by atoms with Crippen LogP contribution in [0.15, 0.2) is 18.2 Å².